The molecule has 0 aliphatic heterocycles. The smallest absolute Gasteiger partial charge is 0.212 e. The van der Waals surface area contributed by atoms with Crippen molar-refractivity contribution in [3.05, 3.63) is 35.4 Å². The van der Waals surface area contributed by atoms with Crippen LogP contribution < -0.4 is 10.0 Å². The normalized spacial score (nSPS) is 12.0. The van der Waals surface area contributed by atoms with Gasteiger partial charge in [-0.2, -0.15) is 0 Å². The number of sulfonamides is 1. The Morgan fingerprint density at radius 2 is 1.70 bits per heavy atom. The molecule has 0 aromatic heterocycles. The third kappa shape index (κ3) is 7.03. The molecule has 0 aliphatic rings. The molecular weight excluding hydrogens is 272 g/mol. The molecule has 1 aromatic carbocycles. The van der Waals surface area contributed by atoms with Gasteiger partial charge in [-0.25, -0.2) is 13.1 Å². The van der Waals surface area contributed by atoms with Gasteiger partial charge in [-0.3, -0.25) is 0 Å². The van der Waals surface area contributed by atoms with Crippen molar-refractivity contribution in [3.63, 3.8) is 0 Å². The predicted octanol–water partition coefficient (Wildman–Crippen LogP) is 1.91. The third-order valence-electron chi connectivity index (χ3n) is 2.91. The standard InChI is InChI=1S/C15H26N2O2S/c1-4-17-20(18,19)10-9-16-12-15-7-5-14(6-8-15)11-13(2)3/h5-8,13,16-17H,4,9-12H2,1-3H3. The second kappa shape index (κ2) is 8.39. The zero-order valence-electron chi connectivity index (χ0n) is 12.6. The highest BCUT2D eigenvalue weighted by Gasteiger charge is 2.07. The van der Waals surface area contributed by atoms with E-state index in [9.17, 15) is 8.42 Å². The van der Waals surface area contributed by atoms with Crippen LogP contribution in [-0.2, 0) is 23.0 Å². The summed E-state index contributed by atoms with van der Waals surface area (Å²) in [5, 5.41) is 3.16. The maximum atomic E-state index is 11.4. The van der Waals surface area contributed by atoms with Gasteiger partial charge < -0.3 is 5.32 Å². The van der Waals surface area contributed by atoms with Crippen molar-refractivity contribution in [2.24, 2.45) is 5.92 Å². The molecule has 0 spiro atoms. The summed E-state index contributed by atoms with van der Waals surface area (Å²) in [6, 6.07) is 8.49. The Morgan fingerprint density at radius 1 is 1.10 bits per heavy atom. The van der Waals surface area contributed by atoms with Crippen molar-refractivity contribution in [2.75, 3.05) is 18.8 Å². The van der Waals surface area contributed by atoms with E-state index < -0.39 is 10.0 Å². The van der Waals surface area contributed by atoms with Gasteiger partial charge in [0.05, 0.1) is 5.75 Å². The van der Waals surface area contributed by atoms with Crippen molar-refractivity contribution in [1.29, 1.82) is 0 Å². The van der Waals surface area contributed by atoms with Gasteiger partial charge in [-0.05, 0) is 23.5 Å². The number of nitrogens with one attached hydrogen (secondary N) is 2. The van der Waals surface area contributed by atoms with Gasteiger partial charge in [0.1, 0.15) is 0 Å². The van der Waals surface area contributed by atoms with Crippen molar-refractivity contribution >= 4 is 10.0 Å². The summed E-state index contributed by atoms with van der Waals surface area (Å²) in [5.74, 6) is 0.780. The van der Waals surface area contributed by atoms with Crippen LogP contribution in [-0.4, -0.2) is 27.3 Å². The topological polar surface area (TPSA) is 58.2 Å². The van der Waals surface area contributed by atoms with Crippen molar-refractivity contribution in [1.82, 2.24) is 10.0 Å². The molecular formula is C15H26N2O2S. The molecule has 1 rings (SSSR count). The zero-order chi connectivity index (χ0) is 15.0. The molecule has 0 aliphatic carbocycles. The van der Waals surface area contributed by atoms with E-state index in [-0.39, 0.29) is 5.75 Å². The summed E-state index contributed by atoms with van der Waals surface area (Å²) in [7, 11) is -3.12. The van der Waals surface area contributed by atoms with Crippen LogP contribution in [0.2, 0.25) is 0 Å². The van der Waals surface area contributed by atoms with Crippen LogP contribution in [0.5, 0.6) is 0 Å². The van der Waals surface area contributed by atoms with Gasteiger partial charge in [-0.15, -0.1) is 0 Å². The highest BCUT2D eigenvalue weighted by molar-refractivity contribution is 7.89. The highest BCUT2D eigenvalue weighted by Crippen LogP contribution is 2.09. The second-order valence-electron chi connectivity index (χ2n) is 5.41. The molecule has 0 radical (unpaired) electrons. The summed E-state index contributed by atoms with van der Waals surface area (Å²) in [4.78, 5) is 0. The molecule has 0 atom stereocenters. The number of hydrogen-bond donors (Lipinski definition) is 2. The fraction of sp³-hybridized carbons (Fsp3) is 0.600. The minimum absolute atomic E-state index is 0.117. The first-order valence-electron chi connectivity index (χ1n) is 7.19. The fourth-order valence-electron chi connectivity index (χ4n) is 2.00. The van der Waals surface area contributed by atoms with E-state index in [1.807, 2.05) is 0 Å². The van der Waals surface area contributed by atoms with E-state index in [4.69, 9.17) is 0 Å². The van der Waals surface area contributed by atoms with Gasteiger partial charge >= 0.3 is 0 Å². The lowest BCUT2D eigenvalue weighted by molar-refractivity contribution is 0.578. The third-order valence-corrected chi connectivity index (χ3v) is 4.38. The van der Waals surface area contributed by atoms with Gasteiger partial charge in [0.15, 0.2) is 0 Å². The molecule has 0 amide bonds. The van der Waals surface area contributed by atoms with E-state index in [0.717, 1.165) is 6.42 Å². The van der Waals surface area contributed by atoms with Crippen LogP contribution in [0.1, 0.15) is 31.9 Å². The van der Waals surface area contributed by atoms with Crippen LogP contribution in [0.4, 0.5) is 0 Å². The first-order chi connectivity index (χ1) is 9.43. The Kier molecular flexibility index (Phi) is 7.19. The van der Waals surface area contributed by atoms with Gasteiger partial charge in [-0.1, -0.05) is 45.0 Å². The number of rotatable bonds is 9. The lowest BCUT2D eigenvalue weighted by atomic mass is 10.0. The van der Waals surface area contributed by atoms with Gasteiger partial charge in [0.25, 0.3) is 0 Å². The Labute approximate surface area is 123 Å². The average Bonchev–Trinajstić information content (AvgIpc) is 2.36. The largest absolute Gasteiger partial charge is 0.312 e. The molecule has 4 nitrogen and oxygen atoms in total. The second-order valence-corrected chi connectivity index (χ2v) is 7.33. The first kappa shape index (κ1) is 17.1. The van der Waals surface area contributed by atoms with Gasteiger partial charge in [0, 0.05) is 19.6 Å². The Morgan fingerprint density at radius 3 is 2.25 bits per heavy atom. The summed E-state index contributed by atoms with van der Waals surface area (Å²) >= 11 is 0. The maximum absolute atomic E-state index is 11.4. The summed E-state index contributed by atoms with van der Waals surface area (Å²) in [5.41, 5.74) is 2.52. The van der Waals surface area contributed by atoms with Crippen molar-refractivity contribution < 1.29 is 8.42 Å². The number of benzene rings is 1. The van der Waals surface area contributed by atoms with Crippen LogP contribution in [0, 0.1) is 5.92 Å². The van der Waals surface area contributed by atoms with E-state index in [0.29, 0.717) is 25.6 Å². The molecule has 0 fully saturated rings. The molecule has 2 N–H and O–H groups in total. The monoisotopic (exact) mass is 298 g/mol. The molecule has 1 aromatic rings. The lowest BCUT2D eigenvalue weighted by Crippen LogP contribution is -2.31. The van der Waals surface area contributed by atoms with Crippen LogP contribution in [0.15, 0.2) is 24.3 Å². The molecule has 0 heterocycles. The molecule has 0 bridgehead atoms. The number of hydrogen-bond acceptors (Lipinski definition) is 3. The first-order valence-corrected chi connectivity index (χ1v) is 8.84. The van der Waals surface area contributed by atoms with Crippen molar-refractivity contribution in [3.8, 4) is 0 Å². The molecule has 114 valence electrons. The minimum Gasteiger partial charge on any atom is -0.312 e. The quantitative estimate of drug-likeness (QED) is 0.685. The van der Waals surface area contributed by atoms with E-state index in [1.165, 1.54) is 11.1 Å². The summed E-state index contributed by atoms with van der Waals surface area (Å²) in [6.45, 7) is 7.80. The SMILES string of the molecule is CCNS(=O)(=O)CCNCc1ccc(CC(C)C)cc1. The molecule has 0 saturated heterocycles. The Hall–Kier alpha value is -0.910. The fourth-order valence-corrected chi connectivity index (χ4v) is 2.99. The molecule has 5 heteroatoms. The Bertz CT molecular complexity index is 481. The van der Waals surface area contributed by atoms with E-state index >= 15 is 0 Å². The molecule has 0 unspecified atom stereocenters. The average molecular weight is 298 g/mol. The zero-order valence-corrected chi connectivity index (χ0v) is 13.5. The maximum Gasteiger partial charge on any atom is 0.212 e. The van der Waals surface area contributed by atoms with E-state index in [1.54, 1.807) is 6.92 Å². The summed E-state index contributed by atoms with van der Waals surface area (Å²) < 4.78 is 25.4. The molecule has 20 heavy (non-hydrogen) atoms. The van der Waals surface area contributed by atoms with Crippen LogP contribution in [0.3, 0.4) is 0 Å². The minimum atomic E-state index is -3.12. The van der Waals surface area contributed by atoms with Crippen LogP contribution >= 0.6 is 0 Å². The Balaban J connectivity index is 2.32. The highest BCUT2D eigenvalue weighted by atomic mass is 32.2. The molecule has 0 saturated carbocycles. The predicted molar refractivity (Wildman–Crippen MR) is 84.2 cm³/mol. The van der Waals surface area contributed by atoms with E-state index in [2.05, 4.69) is 48.2 Å². The van der Waals surface area contributed by atoms with Gasteiger partial charge in [0.2, 0.25) is 10.0 Å². The van der Waals surface area contributed by atoms with Crippen molar-refractivity contribution in [2.45, 2.75) is 33.7 Å². The van der Waals surface area contributed by atoms with Crippen LogP contribution in [0.25, 0.3) is 0 Å². The summed E-state index contributed by atoms with van der Waals surface area (Å²) in [6.07, 6.45) is 1.09. The lowest BCUT2D eigenvalue weighted by Gasteiger charge is -2.08.